The molecule has 1 rings (SSSR count). The lowest BCUT2D eigenvalue weighted by molar-refractivity contribution is -0.149. The van der Waals surface area contributed by atoms with E-state index in [1.54, 1.807) is 7.11 Å². The van der Waals surface area contributed by atoms with Gasteiger partial charge in [0.1, 0.15) is 0 Å². The summed E-state index contributed by atoms with van der Waals surface area (Å²) in [7, 11) is 3.19. The van der Waals surface area contributed by atoms with Crippen molar-refractivity contribution in [2.75, 3.05) is 20.8 Å². The van der Waals surface area contributed by atoms with Gasteiger partial charge in [0.2, 0.25) is 0 Å². The molecule has 3 heteroatoms. The van der Waals surface area contributed by atoms with Gasteiger partial charge in [0, 0.05) is 7.11 Å². The Labute approximate surface area is 98.5 Å². The predicted molar refractivity (Wildman–Crippen MR) is 63.1 cm³/mol. The van der Waals surface area contributed by atoms with Crippen molar-refractivity contribution in [2.24, 2.45) is 23.7 Å². The van der Waals surface area contributed by atoms with E-state index in [2.05, 4.69) is 13.8 Å². The lowest BCUT2D eigenvalue weighted by Crippen LogP contribution is -2.30. The topological polar surface area (TPSA) is 35.5 Å². The van der Waals surface area contributed by atoms with Crippen LogP contribution < -0.4 is 0 Å². The number of carbonyl (C=O) groups is 1. The summed E-state index contributed by atoms with van der Waals surface area (Å²) < 4.78 is 10.2. The van der Waals surface area contributed by atoms with Crippen LogP contribution in [0.15, 0.2) is 0 Å². The van der Waals surface area contributed by atoms with Crippen LogP contribution in [0.1, 0.15) is 33.1 Å². The quantitative estimate of drug-likeness (QED) is 0.678. The SMILES string of the molecule is CCC1CC(CC)C(C(=O)OC)C1COC. The third kappa shape index (κ3) is 2.57. The molecule has 0 radical (unpaired) electrons. The molecular formula is C13H24O3. The van der Waals surface area contributed by atoms with Crippen LogP contribution in [0.5, 0.6) is 0 Å². The number of hydrogen-bond donors (Lipinski definition) is 0. The summed E-state index contributed by atoms with van der Waals surface area (Å²) in [5, 5.41) is 0. The first-order chi connectivity index (χ1) is 7.69. The molecule has 0 aromatic carbocycles. The Morgan fingerprint density at radius 2 is 1.81 bits per heavy atom. The molecule has 1 fully saturated rings. The van der Waals surface area contributed by atoms with Gasteiger partial charge in [-0.2, -0.15) is 0 Å². The van der Waals surface area contributed by atoms with Crippen molar-refractivity contribution < 1.29 is 14.3 Å². The second-order valence-corrected chi connectivity index (χ2v) is 4.74. The van der Waals surface area contributed by atoms with Crippen molar-refractivity contribution in [1.29, 1.82) is 0 Å². The van der Waals surface area contributed by atoms with Crippen molar-refractivity contribution in [3.05, 3.63) is 0 Å². The number of esters is 1. The fraction of sp³-hybridized carbons (Fsp3) is 0.923. The molecule has 0 aromatic rings. The van der Waals surface area contributed by atoms with Crippen LogP contribution in [0.3, 0.4) is 0 Å². The molecule has 0 aliphatic heterocycles. The van der Waals surface area contributed by atoms with E-state index in [0.717, 1.165) is 19.3 Å². The van der Waals surface area contributed by atoms with Crippen LogP contribution >= 0.6 is 0 Å². The molecule has 4 unspecified atom stereocenters. The molecule has 16 heavy (non-hydrogen) atoms. The van der Waals surface area contributed by atoms with E-state index in [-0.39, 0.29) is 11.9 Å². The molecule has 0 spiro atoms. The minimum absolute atomic E-state index is 0.0416. The highest BCUT2D eigenvalue weighted by Gasteiger charge is 2.45. The van der Waals surface area contributed by atoms with Gasteiger partial charge in [0.15, 0.2) is 0 Å². The van der Waals surface area contributed by atoms with E-state index in [1.165, 1.54) is 7.11 Å². The van der Waals surface area contributed by atoms with Gasteiger partial charge in [-0.3, -0.25) is 4.79 Å². The number of methoxy groups -OCH3 is 2. The summed E-state index contributed by atoms with van der Waals surface area (Å²) in [6, 6.07) is 0. The van der Waals surface area contributed by atoms with Gasteiger partial charge in [-0.05, 0) is 24.2 Å². The van der Waals surface area contributed by atoms with Crippen molar-refractivity contribution in [2.45, 2.75) is 33.1 Å². The third-order valence-electron chi connectivity index (χ3n) is 4.06. The van der Waals surface area contributed by atoms with E-state index >= 15 is 0 Å². The van der Waals surface area contributed by atoms with Crippen LogP contribution in [0.2, 0.25) is 0 Å². The predicted octanol–water partition coefficient (Wildman–Crippen LogP) is 2.49. The molecule has 0 aromatic heterocycles. The summed E-state index contributed by atoms with van der Waals surface area (Å²) in [5.74, 6) is 1.41. The molecular weight excluding hydrogens is 204 g/mol. The zero-order valence-corrected chi connectivity index (χ0v) is 10.9. The van der Waals surface area contributed by atoms with Gasteiger partial charge in [-0.25, -0.2) is 0 Å². The summed E-state index contributed by atoms with van der Waals surface area (Å²) in [5.41, 5.74) is 0. The second kappa shape index (κ2) is 6.24. The number of rotatable bonds is 5. The average molecular weight is 228 g/mol. The van der Waals surface area contributed by atoms with Crippen LogP contribution in [-0.4, -0.2) is 26.8 Å². The Kier molecular flexibility index (Phi) is 5.26. The summed E-state index contributed by atoms with van der Waals surface area (Å²) in [6.07, 6.45) is 3.31. The van der Waals surface area contributed by atoms with Gasteiger partial charge in [-0.1, -0.05) is 26.7 Å². The largest absolute Gasteiger partial charge is 0.469 e. The number of carbonyl (C=O) groups excluding carboxylic acids is 1. The highest BCUT2D eigenvalue weighted by Crippen LogP contribution is 2.45. The maximum absolute atomic E-state index is 11.9. The van der Waals surface area contributed by atoms with Crippen molar-refractivity contribution in [1.82, 2.24) is 0 Å². The van der Waals surface area contributed by atoms with Crippen LogP contribution in [0.4, 0.5) is 0 Å². The van der Waals surface area contributed by atoms with E-state index in [4.69, 9.17) is 9.47 Å². The first-order valence-electron chi connectivity index (χ1n) is 6.26. The summed E-state index contributed by atoms with van der Waals surface area (Å²) in [4.78, 5) is 11.9. The van der Waals surface area contributed by atoms with Gasteiger partial charge >= 0.3 is 5.97 Å². The van der Waals surface area contributed by atoms with E-state index in [1.807, 2.05) is 0 Å². The van der Waals surface area contributed by atoms with Gasteiger partial charge in [0.05, 0.1) is 19.6 Å². The average Bonchev–Trinajstić information content (AvgIpc) is 2.66. The molecule has 4 atom stereocenters. The summed E-state index contributed by atoms with van der Waals surface area (Å²) >= 11 is 0. The second-order valence-electron chi connectivity index (χ2n) is 4.74. The Morgan fingerprint density at radius 3 is 2.25 bits per heavy atom. The lowest BCUT2D eigenvalue weighted by Gasteiger charge is -2.23. The normalized spacial score (nSPS) is 34.0. The molecule has 0 heterocycles. The van der Waals surface area contributed by atoms with Gasteiger partial charge in [0.25, 0.3) is 0 Å². The lowest BCUT2D eigenvalue weighted by atomic mass is 9.86. The maximum atomic E-state index is 11.9. The van der Waals surface area contributed by atoms with Crippen LogP contribution in [0, 0.1) is 23.7 Å². The van der Waals surface area contributed by atoms with E-state index in [9.17, 15) is 4.79 Å². The zero-order chi connectivity index (χ0) is 12.1. The fourth-order valence-electron chi connectivity index (χ4n) is 3.18. The minimum Gasteiger partial charge on any atom is -0.469 e. The molecule has 3 nitrogen and oxygen atoms in total. The first kappa shape index (κ1) is 13.5. The molecule has 0 amide bonds. The molecule has 1 saturated carbocycles. The third-order valence-corrected chi connectivity index (χ3v) is 4.06. The van der Waals surface area contributed by atoms with Gasteiger partial charge in [-0.15, -0.1) is 0 Å². The maximum Gasteiger partial charge on any atom is 0.309 e. The highest BCUT2D eigenvalue weighted by atomic mass is 16.5. The standard InChI is InChI=1S/C13H24O3/c1-5-9-7-10(6-2)12(13(14)16-4)11(9)8-15-3/h9-12H,5-8H2,1-4H3. The molecule has 1 aliphatic carbocycles. The van der Waals surface area contributed by atoms with Crippen molar-refractivity contribution in [3.63, 3.8) is 0 Å². The highest BCUT2D eigenvalue weighted by molar-refractivity contribution is 5.73. The van der Waals surface area contributed by atoms with Crippen LogP contribution in [0.25, 0.3) is 0 Å². The summed E-state index contributed by atoms with van der Waals surface area (Å²) in [6.45, 7) is 5.02. The molecule has 0 saturated heterocycles. The number of hydrogen-bond acceptors (Lipinski definition) is 3. The van der Waals surface area contributed by atoms with Crippen molar-refractivity contribution >= 4 is 5.97 Å². The minimum atomic E-state index is -0.0511. The van der Waals surface area contributed by atoms with E-state index in [0.29, 0.717) is 24.4 Å². The Balaban J connectivity index is 2.82. The molecule has 0 N–H and O–H groups in total. The smallest absolute Gasteiger partial charge is 0.309 e. The fourth-order valence-corrected chi connectivity index (χ4v) is 3.18. The Hall–Kier alpha value is -0.570. The van der Waals surface area contributed by atoms with Crippen LogP contribution in [-0.2, 0) is 14.3 Å². The Morgan fingerprint density at radius 1 is 1.19 bits per heavy atom. The first-order valence-corrected chi connectivity index (χ1v) is 6.26. The van der Waals surface area contributed by atoms with Crippen molar-refractivity contribution in [3.8, 4) is 0 Å². The monoisotopic (exact) mass is 228 g/mol. The Bertz CT molecular complexity index is 227. The van der Waals surface area contributed by atoms with E-state index < -0.39 is 0 Å². The zero-order valence-electron chi connectivity index (χ0n) is 10.9. The van der Waals surface area contributed by atoms with Gasteiger partial charge < -0.3 is 9.47 Å². The molecule has 0 bridgehead atoms. The molecule has 94 valence electrons. The number of ether oxygens (including phenoxy) is 2. The molecule has 1 aliphatic rings.